The van der Waals surface area contributed by atoms with Crippen molar-refractivity contribution in [2.75, 3.05) is 18.2 Å². The van der Waals surface area contributed by atoms with Crippen molar-refractivity contribution in [1.29, 1.82) is 0 Å². The summed E-state index contributed by atoms with van der Waals surface area (Å²) in [5, 5.41) is 10.2. The first kappa shape index (κ1) is 14.4. The molecule has 0 atom stereocenters. The summed E-state index contributed by atoms with van der Waals surface area (Å²) in [4.78, 5) is 16.0. The fourth-order valence-electron chi connectivity index (χ4n) is 1.50. The van der Waals surface area contributed by atoms with E-state index in [-0.39, 0.29) is 11.7 Å². The summed E-state index contributed by atoms with van der Waals surface area (Å²) in [6, 6.07) is 7.18. The molecule has 7 heteroatoms. The Morgan fingerprint density at radius 3 is 2.75 bits per heavy atom. The Balaban J connectivity index is 1.82. The zero-order valence-electron chi connectivity index (χ0n) is 11.3. The van der Waals surface area contributed by atoms with Crippen LogP contribution >= 0.6 is 11.8 Å². The number of rotatable bonds is 6. The maximum atomic E-state index is 11.8. The number of ether oxygens (including phenoxy) is 1. The number of H-pyrrole nitrogens is 1. The van der Waals surface area contributed by atoms with Crippen LogP contribution in [0.4, 0.5) is 5.69 Å². The standard InChI is InChI=1S/C13H16N4O2S/c1-3-11-15-13(17-16-11)20-8-12(18)14-9-4-6-10(19-2)7-5-9/h4-7H,3,8H2,1-2H3,(H,14,18)(H,15,16,17). The summed E-state index contributed by atoms with van der Waals surface area (Å²) in [5.41, 5.74) is 0.737. The highest BCUT2D eigenvalue weighted by molar-refractivity contribution is 7.99. The fraction of sp³-hybridized carbons (Fsp3) is 0.308. The van der Waals surface area contributed by atoms with Gasteiger partial charge in [0.15, 0.2) is 0 Å². The quantitative estimate of drug-likeness (QED) is 0.797. The molecule has 20 heavy (non-hydrogen) atoms. The molecule has 1 aromatic heterocycles. The Labute approximate surface area is 121 Å². The zero-order chi connectivity index (χ0) is 14.4. The maximum absolute atomic E-state index is 11.8. The van der Waals surface area contributed by atoms with Gasteiger partial charge in [0.25, 0.3) is 0 Å². The van der Waals surface area contributed by atoms with Gasteiger partial charge in [-0.1, -0.05) is 18.7 Å². The van der Waals surface area contributed by atoms with Crippen LogP contribution in [-0.4, -0.2) is 34.0 Å². The van der Waals surface area contributed by atoms with Crippen molar-refractivity contribution in [3.63, 3.8) is 0 Å². The number of benzene rings is 1. The number of aryl methyl sites for hydroxylation is 1. The predicted molar refractivity (Wildman–Crippen MR) is 78.1 cm³/mol. The van der Waals surface area contributed by atoms with Gasteiger partial charge in [-0.05, 0) is 24.3 Å². The van der Waals surface area contributed by atoms with E-state index in [1.54, 1.807) is 31.4 Å². The lowest BCUT2D eigenvalue weighted by atomic mass is 10.3. The van der Waals surface area contributed by atoms with Gasteiger partial charge in [0, 0.05) is 12.1 Å². The van der Waals surface area contributed by atoms with Crippen molar-refractivity contribution in [1.82, 2.24) is 15.2 Å². The number of aromatic amines is 1. The van der Waals surface area contributed by atoms with E-state index in [9.17, 15) is 4.79 Å². The highest BCUT2D eigenvalue weighted by Gasteiger charge is 2.07. The smallest absolute Gasteiger partial charge is 0.234 e. The van der Waals surface area contributed by atoms with E-state index < -0.39 is 0 Å². The van der Waals surface area contributed by atoms with Crippen molar-refractivity contribution >= 4 is 23.4 Å². The molecule has 1 heterocycles. The lowest BCUT2D eigenvalue weighted by Gasteiger charge is -2.05. The van der Waals surface area contributed by atoms with Crippen LogP contribution in [0.2, 0.25) is 0 Å². The van der Waals surface area contributed by atoms with E-state index in [0.29, 0.717) is 5.16 Å². The summed E-state index contributed by atoms with van der Waals surface area (Å²) in [7, 11) is 1.60. The van der Waals surface area contributed by atoms with Gasteiger partial charge in [-0.15, -0.1) is 5.10 Å². The molecule has 0 saturated carbocycles. The second-order valence-corrected chi connectivity index (χ2v) is 4.93. The monoisotopic (exact) mass is 292 g/mol. The van der Waals surface area contributed by atoms with E-state index in [1.807, 2.05) is 6.92 Å². The van der Waals surface area contributed by atoms with Gasteiger partial charge >= 0.3 is 0 Å². The van der Waals surface area contributed by atoms with Gasteiger partial charge in [-0.25, -0.2) is 4.98 Å². The Hall–Kier alpha value is -2.02. The van der Waals surface area contributed by atoms with Crippen LogP contribution in [0.5, 0.6) is 5.75 Å². The molecule has 0 fully saturated rings. The van der Waals surface area contributed by atoms with Crippen LogP contribution in [0, 0.1) is 0 Å². The zero-order valence-corrected chi connectivity index (χ0v) is 12.2. The summed E-state index contributed by atoms with van der Waals surface area (Å²) in [6.07, 6.45) is 0.797. The number of nitrogens with zero attached hydrogens (tertiary/aromatic N) is 2. The Bertz CT molecular complexity index is 568. The predicted octanol–water partition coefficient (Wildman–Crippen LogP) is 2.11. The Kier molecular flexibility index (Phi) is 5.00. The molecule has 0 aliphatic heterocycles. The third-order valence-electron chi connectivity index (χ3n) is 2.55. The molecule has 2 N–H and O–H groups in total. The number of thioether (sulfide) groups is 1. The second kappa shape index (κ2) is 6.95. The van der Waals surface area contributed by atoms with Crippen molar-refractivity contribution in [2.24, 2.45) is 0 Å². The number of carbonyl (C=O) groups excluding carboxylic acids is 1. The molecule has 2 aromatic rings. The minimum absolute atomic E-state index is 0.0944. The molecule has 2 rings (SSSR count). The summed E-state index contributed by atoms with van der Waals surface area (Å²) >= 11 is 1.30. The Morgan fingerprint density at radius 1 is 1.40 bits per heavy atom. The molecule has 1 aromatic carbocycles. The molecular formula is C13H16N4O2S. The number of carbonyl (C=O) groups is 1. The molecule has 0 saturated heterocycles. The molecule has 6 nitrogen and oxygen atoms in total. The van der Waals surface area contributed by atoms with Crippen LogP contribution in [0.15, 0.2) is 29.4 Å². The maximum Gasteiger partial charge on any atom is 0.234 e. The van der Waals surface area contributed by atoms with Crippen LogP contribution in [0.25, 0.3) is 0 Å². The van der Waals surface area contributed by atoms with E-state index in [2.05, 4.69) is 20.5 Å². The van der Waals surface area contributed by atoms with Gasteiger partial charge in [-0.2, -0.15) is 0 Å². The van der Waals surface area contributed by atoms with Gasteiger partial charge in [-0.3, -0.25) is 9.89 Å². The molecule has 0 spiro atoms. The third kappa shape index (κ3) is 3.99. The number of methoxy groups -OCH3 is 1. The minimum atomic E-state index is -0.0944. The van der Waals surface area contributed by atoms with Gasteiger partial charge < -0.3 is 10.1 Å². The van der Waals surface area contributed by atoms with E-state index in [4.69, 9.17) is 4.74 Å². The summed E-state index contributed by atoms with van der Waals surface area (Å²) in [5.74, 6) is 1.75. The van der Waals surface area contributed by atoms with Gasteiger partial charge in [0.05, 0.1) is 12.9 Å². The summed E-state index contributed by atoms with van der Waals surface area (Å²) in [6.45, 7) is 1.99. The molecule has 106 valence electrons. The highest BCUT2D eigenvalue weighted by Crippen LogP contribution is 2.16. The SMILES string of the molecule is CCc1nc(SCC(=O)Nc2ccc(OC)cc2)n[nH]1. The van der Waals surface area contributed by atoms with Crippen LogP contribution < -0.4 is 10.1 Å². The fourth-order valence-corrected chi connectivity index (χ4v) is 2.12. The first-order valence-electron chi connectivity index (χ1n) is 6.19. The van der Waals surface area contributed by atoms with Crippen molar-refractivity contribution in [2.45, 2.75) is 18.5 Å². The van der Waals surface area contributed by atoms with Crippen molar-refractivity contribution < 1.29 is 9.53 Å². The first-order valence-corrected chi connectivity index (χ1v) is 7.17. The largest absolute Gasteiger partial charge is 0.497 e. The number of hydrogen-bond acceptors (Lipinski definition) is 5. The van der Waals surface area contributed by atoms with Crippen LogP contribution in [0.1, 0.15) is 12.7 Å². The van der Waals surface area contributed by atoms with Crippen LogP contribution in [0.3, 0.4) is 0 Å². The van der Waals surface area contributed by atoms with Crippen molar-refractivity contribution in [3.8, 4) is 5.75 Å². The number of aromatic nitrogens is 3. The van der Waals surface area contributed by atoms with Crippen molar-refractivity contribution in [3.05, 3.63) is 30.1 Å². The van der Waals surface area contributed by atoms with E-state index in [0.717, 1.165) is 23.7 Å². The lowest BCUT2D eigenvalue weighted by molar-refractivity contribution is -0.113. The second-order valence-electron chi connectivity index (χ2n) is 3.98. The van der Waals surface area contributed by atoms with E-state index in [1.165, 1.54) is 11.8 Å². The summed E-state index contributed by atoms with van der Waals surface area (Å²) < 4.78 is 5.06. The highest BCUT2D eigenvalue weighted by atomic mass is 32.2. The van der Waals surface area contributed by atoms with E-state index >= 15 is 0 Å². The molecule has 0 radical (unpaired) electrons. The molecule has 0 aliphatic carbocycles. The normalized spacial score (nSPS) is 10.3. The number of amides is 1. The number of hydrogen-bond donors (Lipinski definition) is 2. The van der Waals surface area contributed by atoms with Gasteiger partial charge in [0.2, 0.25) is 11.1 Å². The third-order valence-corrected chi connectivity index (χ3v) is 3.40. The molecule has 0 unspecified atom stereocenters. The minimum Gasteiger partial charge on any atom is -0.497 e. The molecule has 0 aliphatic rings. The lowest BCUT2D eigenvalue weighted by Crippen LogP contribution is -2.14. The first-order chi connectivity index (χ1) is 9.71. The molecule has 0 bridgehead atoms. The molecular weight excluding hydrogens is 276 g/mol. The average Bonchev–Trinajstić information content (AvgIpc) is 2.94. The van der Waals surface area contributed by atoms with Gasteiger partial charge in [0.1, 0.15) is 11.6 Å². The number of nitrogens with one attached hydrogen (secondary N) is 2. The number of anilines is 1. The molecule has 1 amide bonds. The Morgan fingerprint density at radius 2 is 2.15 bits per heavy atom. The topological polar surface area (TPSA) is 79.9 Å². The average molecular weight is 292 g/mol. The van der Waals surface area contributed by atoms with Crippen LogP contribution in [-0.2, 0) is 11.2 Å².